The molecule has 26 heavy (non-hydrogen) atoms. The summed E-state index contributed by atoms with van der Waals surface area (Å²) in [7, 11) is 0. The van der Waals surface area contributed by atoms with E-state index >= 15 is 0 Å². The summed E-state index contributed by atoms with van der Waals surface area (Å²) in [5, 5.41) is 7.54. The first-order valence-corrected chi connectivity index (χ1v) is 9.32. The van der Waals surface area contributed by atoms with Gasteiger partial charge in [-0.15, -0.1) is 0 Å². The van der Waals surface area contributed by atoms with Gasteiger partial charge in [0.2, 0.25) is 5.91 Å². The summed E-state index contributed by atoms with van der Waals surface area (Å²) in [4.78, 5) is 20.7. The van der Waals surface area contributed by atoms with Gasteiger partial charge in [-0.1, -0.05) is 29.9 Å². The van der Waals surface area contributed by atoms with Crippen LogP contribution in [0.1, 0.15) is 23.9 Å². The Hall–Kier alpha value is -2.67. The summed E-state index contributed by atoms with van der Waals surface area (Å²) in [6.45, 7) is 6.04. The molecule has 1 aromatic carbocycles. The van der Waals surface area contributed by atoms with E-state index in [2.05, 4.69) is 20.4 Å². The van der Waals surface area contributed by atoms with Gasteiger partial charge < -0.3 is 9.84 Å². The van der Waals surface area contributed by atoms with E-state index in [0.717, 1.165) is 28.3 Å². The van der Waals surface area contributed by atoms with Gasteiger partial charge >= 0.3 is 0 Å². The molecule has 134 valence electrons. The van der Waals surface area contributed by atoms with Crippen LogP contribution < -0.4 is 5.32 Å². The lowest BCUT2D eigenvalue weighted by atomic mass is 10.1. The van der Waals surface area contributed by atoms with E-state index in [9.17, 15) is 4.79 Å². The fraction of sp³-hybridized carbons (Fsp3) is 0.263. The van der Waals surface area contributed by atoms with Gasteiger partial charge in [-0.3, -0.25) is 4.79 Å². The number of hydrogen-bond donors (Lipinski definition) is 1. The monoisotopic (exact) mass is 368 g/mol. The molecule has 2 aromatic heterocycles. The van der Waals surface area contributed by atoms with Crippen LogP contribution in [-0.4, -0.2) is 26.8 Å². The number of nitrogens with zero attached hydrogens (tertiary/aromatic N) is 3. The fourth-order valence-electron chi connectivity index (χ4n) is 2.26. The van der Waals surface area contributed by atoms with Crippen LogP contribution in [0.3, 0.4) is 0 Å². The van der Waals surface area contributed by atoms with E-state index in [1.165, 1.54) is 17.3 Å². The number of thioether (sulfide) groups is 1. The Balaban J connectivity index is 1.55. The van der Waals surface area contributed by atoms with Crippen LogP contribution in [-0.2, 0) is 11.2 Å². The van der Waals surface area contributed by atoms with Crippen molar-refractivity contribution in [3.05, 3.63) is 53.5 Å². The van der Waals surface area contributed by atoms with Crippen LogP contribution in [0.25, 0.3) is 11.5 Å². The van der Waals surface area contributed by atoms with Crippen LogP contribution in [0.2, 0.25) is 0 Å². The molecule has 0 spiro atoms. The minimum atomic E-state index is -0.0615. The van der Waals surface area contributed by atoms with E-state index in [-0.39, 0.29) is 5.91 Å². The number of pyridine rings is 1. The summed E-state index contributed by atoms with van der Waals surface area (Å²) in [5.41, 5.74) is 3.93. The predicted molar refractivity (Wildman–Crippen MR) is 102 cm³/mol. The highest BCUT2D eigenvalue weighted by molar-refractivity contribution is 7.99. The first kappa shape index (κ1) is 18.1. The highest BCUT2D eigenvalue weighted by Crippen LogP contribution is 2.21. The molecule has 1 amide bonds. The maximum absolute atomic E-state index is 12.1. The number of amides is 1. The van der Waals surface area contributed by atoms with Gasteiger partial charge in [-0.2, -0.15) is 4.98 Å². The Bertz CT molecular complexity index is 906. The number of benzene rings is 1. The fourth-order valence-corrected chi connectivity index (χ4v) is 2.91. The summed E-state index contributed by atoms with van der Waals surface area (Å²) in [5.74, 6) is 1.35. The molecule has 3 aromatic rings. The highest BCUT2D eigenvalue weighted by atomic mass is 32.2. The Labute approximate surface area is 156 Å². The zero-order chi connectivity index (χ0) is 18.5. The average Bonchev–Trinajstić information content (AvgIpc) is 3.13. The van der Waals surface area contributed by atoms with Gasteiger partial charge in [0, 0.05) is 18.3 Å². The van der Waals surface area contributed by atoms with Crippen LogP contribution >= 0.6 is 11.8 Å². The second-order valence-electron chi connectivity index (χ2n) is 5.89. The molecule has 6 nitrogen and oxygen atoms in total. The number of hydrogen-bond acceptors (Lipinski definition) is 6. The summed E-state index contributed by atoms with van der Waals surface area (Å²) >= 11 is 1.38. The quantitative estimate of drug-likeness (QED) is 0.661. The third-order valence-electron chi connectivity index (χ3n) is 3.91. The van der Waals surface area contributed by atoms with E-state index in [1.54, 1.807) is 6.20 Å². The molecule has 0 saturated heterocycles. The largest absolute Gasteiger partial charge is 0.334 e. The molecule has 0 fully saturated rings. The molecule has 0 unspecified atom stereocenters. The minimum Gasteiger partial charge on any atom is -0.334 e. The smallest absolute Gasteiger partial charge is 0.259 e. The van der Waals surface area contributed by atoms with Crippen molar-refractivity contribution in [2.75, 3.05) is 11.1 Å². The number of carbonyl (C=O) groups is 1. The predicted octanol–water partition coefficient (Wildman–Crippen LogP) is 4.04. The van der Waals surface area contributed by atoms with E-state index in [1.807, 2.05) is 51.1 Å². The minimum absolute atomic E-state index is 0.0615. The Morgan fingerprint density at radius 3 is 2.69 bits per heavy atom. The van der Waals surface area contributed by atoms with Gasteiger partial charge in [0.25, 0.3) is 5.89 Å². The van der Waals surface area contributed by atoms with Crippen LogP contribution in [0.15, 0.2) is 46.1 Å². The second kappa shape index (κ2) is 8.14. The Kier molecular flexibility index (Phi) is 5.68. The van der Waals surface area contributed by atoms with Crippen LogP contribution in [0, 0.1) is 13.8 Å². The molecule has 0 aliphatic carbocycles. The van der Waals surface area contributed by atoms with Crippen LogP contribution in [0.5, 0.6) is 0 Å². The average molecular weight is 368 g/mol. The summed E-state index contributed by atoms with van der Waals surface area (Å²) in [6, 6.07) is 9.59. The first-order valence-electron chi connectivity index (χ1n) is 8.34. The topological polar surface area (TPSA) is 80.9 Å². The van der Waals surface area contributed by atoms with Gasteiger partial charge in [0.15, 0.2) is 5.82 Å². The summed E-state index contributed by atoms with van der Waals surface area (Å²) < 4.78 is 5.19. The molecule has 0 atom stereocenters. The highest BCUT2D eigenvalue weighted by Gasteiger charge is 2.09. The van der Waals surface area contributed by atoms with Gasteiger partial charge in [0.1, 0.15) is 0 Å². The van der Waals surface area contributed by atoms with Crippen molar-refractivity contribution in [3.8, 4) is 11.5 Å². The maximum atomic E-state index is 12.1. The maximum Gasteiger partial charge on any atom is 0.259 e. The molecule has 0 saturated carbocycles. The molecular weight excluding hydrogens is 348 g/mol. The Morgan fingerprint density at radius 1 is 1.19 bits per heavy atom. The van der Waals surface area contributed by atoms with Crippen molar-refractivity contribution in [2.24, 2.45) is 0 Å². The van der Waals surface area contributed by atoms with Crippen molar-refractivity contribution in [1.29, 1.82) is 0 Å². The lowest BCUT2D eigenvalue weighted by molar-refractivity contribution is -0.113. The number of carbonyl (C=O) groups excluding carboxylic acids is 1. The third-order valence-corrected chi connectivity index (χ3v) is 4.85. The molecule has 1 N–H and O–H groups in total. The zero-order valence-electron chi connectivity index (χ0n) is 14.9. The first-order chi connectivity index (χ1) is 12.5. The lowest BCUT2D eigenvalue weighted by Crippen LogP contribution is -2.14. The van der Waals surface area contributed by atoms with Gasteiger partial charge in [-0.05, 0) is 49.2 Å². The lowest BCUT2D eigenvalue weighted by Gasteiger charge is -2.07. The number of anilines is 1. The molecular formula is C19H20N4O2S. The standard InChI is InChI=1S/C19H20N4O2S/c1-4-16-22-19(25-23-16)14-6-8-18(20-10-14)26-11-17(24)21-15-7-5-12(2)13(3)9-15/h5-10H,4,11H2,1-3H3,(H,21,24). The zero-order valence-corrected chi connectivity index (χ0v) is 15.8. The molecule has 2 heterocycles. The number of nitrogens with one attached hydrogen (secondary N) is 1. The van der Waals surface area contributed by atoms with E-state index in [0.29, 0.717) is 17.5 Å². The molecule has 3 rings (SSSR count). The van der Waals surface area contributed by atoms with Crippen molar-refractivity contribution in [3.63, 3.8) is 0 Å². The summed E-state index contributed by atoms with van der Waals surface area (Å²) in [6.07, 6.45) is 2.40. The van der Waals surface area contributed by atoms with Crippen molar-refractivity contribution in [2.45, 2.75) is 32.2 Å². The molecule has 0 aliphatic rings. The number of aryl methyl sites for hydroxylation is 3. The van der Waals surface area contributed by atoms with Gasteiger partial charge in [-0.25, -0.2) is 4.98 Å². The SMILES string of the molecule is CCc1noc(-c2ccc(SCC(=O)Nc3ccc(C)c(C)c3)nc2)n1. The van der Waals surface area contributed by atoms with Crippen molar-refractivity contribution >= 4 is 23.4 Å². The molecule has 0 radical (unpaired) electrons. The molecule has 7 heteroatoms. The normalized spacial score (nSPS) is 10.7. The molecule has 0 bridgehead atoms. The van der Waals surface area contributed by atoms with E-state index < -0.39 is 0 Å². The van der Waals surface area contributed by atoms with E-state index in [4.69, 9.17) is 4.52 Å². The van der Waals surface area contributed by atoms with Crippen LogP contribution in [0.4, 0.5) is 5.69 Å². The third kappa shape index (κ3) is 4.49. The van der Waals surface area contributed by atoms with Crippen molar-refractivity contribution < 1.29 is 9.32 Å². The number of rotatable bonds is 6. The second-order valence-corrected chi connectivity index (χ2v) is 6.89. The van der Waals surface area contributed by atoms with Crippen molar-refractivity contribution in [1.82, 2.24) is 15.1 Å². The number of aromatic nitrogens is 3. The van der Waals surface area contributed by atoms with Gasteiger partial charge in [0.05, 0.1) is 16.3 Å². The molecule has 0 aliphatic heterocycles. The Morgan fingerprint density at radius 2 is 2.04 bits per heavy atom.